The largest absolute Gasteiger partial charge is 0.340 e. The number of likely N-dealkylation sites (N-methyl/N-ethyl adjacent to an activating group) is 1. The van der Waals surface area contributed by atoms with Crippen LogP contribution in [0.4, 0.5) is 8.78 Å². The van der Waals surface area contributed by atoms with E-state index in [1.807, 2.05) is 6.92 Å². The summed E-state index contributed by atoms with van der Waals surface area (Å²) in [7, 11) is -2.53. The zero-order valence-electron chi connectivity index (χ0n) is 17.8. The second kappa shape index (κ2) is 10.0. The average molecular weight is 459 g/mol. The van der Waals surface area contributed by atoms with Crippen molar-refractivity contribution in [3.05, 3.63) is 101 Å². The number of hydrogen-bond acceptors (Lipinski definition) is 3. The van der Waals surface area contributed by atoms with Crippen molar-refractivity contribution in [1.82, 2.24) is 9.21 Å². The Morgan fingerprint density at radius 2 is 1.50 bits per heavy atom. The summed E-state index contributed by atoms with van der Waals surface area (Å²) in [5, 5.41) is 0. The van der Waals surface area contributed by atoms with Gasteiger partial charge in [-0.25, -0.2) is 17.2 Å². The fourth-order valence-corrected chi connectivity index (χ4v) is 4.50. The Hall–Kier alpha value is -3.10. The average Bonchev–Trinajstić information content (AvgIpc) is 2.76. The molecule has 168 valence electrons. The van der Waals surface area contributed by atoms with Crippen molar-refractivity contribution in [2.24, 2.45) is 0 Å². The molecule has 1 amide bonds. The Bertz CT molecular complexity index is 1180. The van der Waals surface area contributed by atoms with Crippen LogP contribution < -0.4 is 0 Å². The van der Waals surface area contributed by atoms with Gasteiger partial charge in [0, 0.05) is 25.7 Å². The number of nitrogens with zero attached hydrogens (tertiary/aromatic N) is 2. The Labute approximate surface area is 187 Å². The maximum absolute atomic E-state index is 14.0. The molecule has 32 heavy (non-hydrogen) atoms. The minimum atomic E-state index is -4.02. The van der Waals surface area contributed by atoms with Gasteiger partial charge < -0.3 is 4.90 Å². The minimum absolute atomic E-state index is 0.000470. The second-order valence-corrected chi connectivity index (χ2v) is 9.49. The van der Waals surface area contributed by atoms with Crippen LogP contribution in [0.1, 0.15) is 16.7 Å². The maximum atomic E-state index is 14.0. The summed E-state index contributed by atoms with van der Waals surface area (Å²) in [5.41, 5.74) is 1.76. The zero-order chi connectivity index (χ0) is 23.3. The first-order valence-corrected chi connectivity index (χ1v) is 11.4. The van der Waals surface area contributed by atoms with E-state index < -0.39 is 34.1 Å². The molecule has 0 fully saturated rings. The quantitative estimate of drug-likeness (QED) is 0.510. The predicted molar refractivity (Wildman–Crippen MR) is 118 cm³/mol. The second-order valence-electron chi connectivity index (χ2n) is 7.55. The van der Waals surface area contributed by atoms with Gasteiger partial charge in [0.15, 0.2) is 0 Å². The van der Waals surface area contributed by atoms with E-state index in [2.05, 4.69) is 0 Å². The van der Waals surface area contributed by atoms with Gasteiger partial charge >= 0.3 is 0 Å². The third-order valence-corrected chi connectivity index (χ3v) is 6.84. The summed E-state index contributed by atoms with van der Waals surface area (Å²) >= 11 is 0. The molecule has 3 aromatic carbocycles. The van der Waals surface area contributed by atoms with Crippen molar-refractivity contribution in [2.45, 2.75) is 24.9 Å². The fraction of sp³-hybridized carbons (Fsp3) is 0.208. The molecular weight excluding hydrogens is 434 g/mol. The van der Waals surface area contributed by atoms with Crippen molar-refractivity contribution in [3.63, 3.8) is 0 Å². The highest BCUT2D eigenvalue weighted by molar-refractivity contribution is 7.89. The summed E-state index contributed by atoms with van der Waals surface area (Å²) in [6.07, 6.45) is 0. The van der Waals surface area contributed by atoms with Gasteiger partial charge in [-0.05, 0) is 42.8 Å². The SMILES string of the molecule is Cc1ccc(S(=O)(=O)N(CC(=O)N(C)Cc2ccccc2F)Cc2ccc(F)cc2)cc1. The first-order chi connectivity index (χ1) is 15.2. The molecule has 0 spiro atoms. The van der Waals surface area contributed by atoms with Crippen LogP contribution in [0, 0.1) is 18.6 Å². The zero-order valence-corrected chi connectivity index (χ0v) is 18.6. The van der Waals surface area contributed by atoms with Gasteiger partial charge in [-0.2, -0.15) is 4.31 Å². The number of rotatable bonds is 8. The Balaban J connectivity index is 1.86. The predicted octanol–water partition coefficient (Wildman–Crippen LogP) is 4.12. The molecule has 0 unspecified atom stereocenters. The smallest absolute Gasteiger partial charge is 0.243 e. The van der Waals surface area contributed by atoms with Gasteiger partial charge in [0.25, 0.3) is 0 Å². The van der Waals surface area contributed by atoms with E-state index in [4.69, 9.17) is 0 Å². The van der Waals surface area contributed by atoms with E-state index >= 15 is 0 Å². The molecule has 0 bridgehead atoms. The highest BCUT2D eigenvalue weighted by atomic mass is 32.2. The van der Waals surface area contributed by atoms with E-state index in [0.717, 1.165) is 9.87 Å². The fourth-order valence-electron chi connectivity index (χ4n) is 3.12. The Morgan fingerprint density at radius 1 is 0.875 bits per heavy atom. The molecule has 0 aliphatic heterocycles. The molecule has 0 saturated heterocycles. The third kappa shape index (κ3) is 5.77. The number of carbonyl (C=O) groups is 1. The number of sulfonamides is 1. The normalized spacial score (nSPS) is 11.5. The monoisotopic (exact) mass is 458 g/mol. The molecule has 3 rings (SSSR count). The number of benzene rings is 3. The molecule has 0 heterocycles. The van der Waals surface area contributed by atoms with Crippen LogP contribution in [0.15, 0.2) is 77.7 Å². The van der Waals surface area contributed by atoms with Crippen LogP contribution in [-0.4, -0.2) is 37.1 Å². The molecule has 0 saturated carbocycles. The van der Waals surface area contributed by atoms with Crippen molar-refractivity contribution in [2.75, 3.05) is 13.6 Å². The summed E-state index contributed by atoms with van der Waals surface area (Å²) in [6.45, 7) is 1.28. The Morgan fingerprint density at radius 3 is 2.12 bits per heavy atom. The minimum Gasteiger partial charge on any atom is -0.340 e. The first kappa shape index (κ1) is 23.6. The van der Waals surface area contributed by atoms with Gasteiger partial charge in [-0.1, -0.05) is 48.0 Å². The van der Waals surface area contributed by atoms with Crippen molar-refractivity contribution in [3.8, 4) is 0 Å². The van der Waals surface area contributed by atoms with Crippen molar-refractivity contribution >= 4 is 15.9 Å². The maximum Gasteiger partial charge on any atom is 0.243 e. The molecule has 5 nitrogen and oxygen atoms in total. The molecule has 8 heteroatoms. The molecule has 0 aliphatic carbocycles. The van der Waals surface area contributed by atoms with Gasteiger partial charge in [-0.3, -0.25) is 4.79 Å². The molecule has 0 N–H and O–H groups in total. The lowest BCUT2D eigenvalue weighted by Gasteiger charge is -2.25. The number of amides is 1. The Kier molecular flexibility index (Phi) is 7.37. The van der Waals surface area contributed by atoms with E-state index in [1.54, 1.807) is 30.3 Å². The summed E-state index contributed by atoms with van der Waals surface area (Å²) in [4.78, 5) is 14.2. The van der Waals surface area contributed by atoms with Gasteiger partial charge in [0.05, 0.1) is 11.4 Å². The molecule has 0 aromatic heterocycles. The van der Waals surface area contributed by atoms with Crippen molar-refractivity contribution in [1.29, 1.82) is 0 Å². The molecule has 0 aliphatic rings. The van der Waals surface area contributed by atoms with Crippen LogP contribution in [0.3, 0.4) is 0 Å². The molecule has 0 atom stereocenters. The van der Waals surface area contributed by atoms with Gasteiger partial charge in [-0.15, -0.1) is 0 Å². The van der Waals surface area contributed by atoms with Gasteiger partial charge in [0.1, 0.15) is 11.6 Å². The van der Waals surface area contributed by atoms with Crippen LogP contribution >= 0.6 is 0 Å². The highest BCUT2D eigenvalue weighted by Crippen LogP contribution is 2.20. The van der Waals surface area contributed by atoms with E-state index in [1.165, 1.54) is 54.4 Å². The topological polar surface area (TPSA) is 57.7 Å². The number of halogens is 2. The first-order valence-electron chi connectivity index (χ1n) is 9.95. The summed E-state index contributed by atoms with van der Waals surface area (Å²) in [5.74, 6) is -1.38. The molecule has 3 aromatic rings. The summed E-state index contributed by atoms with van der Waals surface area (Å²) in [6, 6.07) is 17.8. The van der Waals surface area contributed by atoms with E-state index in [0.29, 0.717) is 11.1 Å². The molecule has 0 radical (unpaired) electrons. The van der Waals surface area contributed by atoms with Crippen molar-refractivity contribution < 1.29 is 22.0 Å². The van der Waals surface area contributed by atoms with E-state index in [9.17, 15) is 22.0 Å². The lowest BCUT2D eigenvalue weighted by atomic mass is 10.2. The third-order valence-electron chi connectivity index (χ3n) is 5.03. The lowest BCUT2D eigenvalue weighted by molar-refractivity contribution is -0.130. The molecular formula is C24H24F2N2O3S. The standard InChI is InChI=1S/C24H24F2N2O3S/c1-18-7-13-22(14-8-18)32(30,31)28(15-19-9-11-21(25)12-10-19)17-24(29)27(2)16-20-5-3-4-6-23(20)26/h3-14H,15-17H2,1-2H3. The number of carbonyl (C=O) groups excluding carboxylic acids is 1. The van der Waals surface area contributed by atoms with Crippen LogP contribution in [-0.2, 0) is 27.9 Å². The lowest BCUT2D eigenvalue weighted by Crippen LogP contribution is -2.41. The van der Waals surface area contributed by atoms with Gasteiger partial charge in [0.2, 0.25) is 15.9 Å². The van der Waals surface area contributed by atoms with E-state index in [-0.39, 0.29) is 18.0 Å². The van der Waals surface area contributed by atoms with Crippen LogP contribution in [0.5, 0.6) is 0 Å². The van der Waals surface area contributed by atoms with Crippen LogP contribution in [0.25, 0.3) is 0 Å². The number of aryl methyl sites for hydroxylation is 1. The summed E-state index contributed by atoms with van der Waals surface area (Å²) < 4.78 is 54.9. The number of hydrogen-bond donors (Lipinski definition) is 0. The van der Waals surface area contributed by atoms with Crippen LogP contribution in [0.2, 0.25) is 0 Å². The highest BCUT2D eigenvalue weighted by Gasteiger charge is 2.28.